The van der Waals surface area contributed by atoms with Gasteiger partial charge in [-0.3, -0.25) is 4.79 Å². The van der Waals surface area contributed by atoms with Crippen LogP contribution in [0, 0.1) is 0 Å². The minimum absolute atomic E-state index is 0.143. The summed E-state index contributed by atoms with van der Waals surface area (Å²) >= 11 is 0. The third kappa shape index (κ3) is 4.74. The van der Waals surface area contributed by atoms with Crippen LogP contribution in [-0.4, -0.2) is 29.8 Å². The standard InChI is InChI=1S/C17H25NO3/c1-2-21-15-9-7-14(8-10-15)16(19)18-13-17(20)11-5-3-4-6-12-17/h7-10,20H,2-6,11-13H2,1H3,(H,18,19). The molecule has 2 rings (SSSR count). The predicted octanol–water partition coefficient (Wildman–Crippen LogP) is 2.90. The molecular weight excluding hydrogens is 266 g/mol. The summed E-state index contributed by atoms with van der Waals surface area (Å²) in [6, 6.07) is 7.08. The zero-order valence-electron chi connectivity index (χ0n) is 12.7. The Morgan fingerprint density at radius 1 is 1.19 bits per heavy atom. The molecule has 4 nitrogen and oxygen atoms in total. The van der Waals surface area contributed by atoms with Crippen molar-refractivity contribution < 1.29 is 14.6 Å². The molecule has 0 heterocycles. The van der Waals surface area contributed by atoms with E-state index in [1.807, 2.05) is 6.92 Å². The van der Waals surface area contributed by atoms with Crippen LogP contribution in [0.3, 0.4) is 0 Å². The highest BCUT2D eigenvalue weighted by atomic mass is 16.5. The summed E-state index contributed by atoms with van der Waals surface area (Å²) in [5.74, 6) is 0.618. The fraction of sp³-hybridized carbons (Fsp3) is 0.588. The number of benzene rings is 1. The third-order valence-corrected chi connectivity index (χ3v) is 4.04. The van der Waals surface area contributed by atoms with Crippen LogP contribution in [0.4, 0.5) is 0 Å². The van der Waals surface area contributed by atoms with Gasteiger partial charge in [-0.15, -0.1) is 0 Å². The highest BCUT2D eigenvalue weighted by Crippen LogP contribution is 2.26. The Morgan fingerprint density at radius 2 is 1.81 bits per heavy atom. The molecular formula is C17H25NO3. The largest absolute Gasteiger partial charge is 0.494 e. The summed E-state index contributed by atoms with van der Waals surface area (Å²) in [7, 11) is 0. The lowest BCUT2D eigenvalue weighted by molar-refractivity contribution is 0.0246. The van der Waals surface area contributed by atoms with Crippen LogP contribution in [0.1, 0.15) is 55.8 Å². The molecule has 1 aromatic carbocycles. The second-order valence-electron chi connectivity index (χ2n) is 5.78. The molecule has 0 unspecified atom stereocenters. The van der Waals surface area contributed by atoms with E-state index < -0.39 is 5.60 Å². The molecule has 1 amide bonds. The van der Waals surface area contributed by atoms with E-state index in [1.165, 1.54) is 12.8 Å². The number of amides is 1. The molecule has 0 saturated heterocycles. The second kappa shape index (κ2) is 7.46. The van der Waals surface area contributed by atoms with Gasteiger partial charge in [-0.1, -0.05) is 25.7 Å². The third-order valence-electron chi connectivity index (χ3n) is 4.04. The highest BCUT2D eigenvalue weighted by Gasteiger charge is 2.28. The average Bonchev–Trinajstić information content (AvgIpc) is 2.71. The van der Waals surface area contributed by atoms with Crippen molar-refractivity contribution in [2.24, 2.45) is 0 Å². The number of hydrogen-bond donors (Lipinski definition) is 2. The van der Waals surface area contributed by atoms with Gasteiger partial charge in [0.2, 0.25) is 0 Å². The quantitative estimate of drug-likeness (QED) is 0.820. The number of aliphatic hydroxyl groups is 1. The van der Waals surface area contributed by atoms with Crippen LogP contribution in [0.15, 0.2) is 24.3 Å². The highest BCUT2D eigenvalue weighted by molar-refractivity contribution is 5.94. The molecule has 1 saturated carbocycles. The van der Waals surface area contributed by atoms with E-state index in [2.05, 4.69) is 5.32 Å². The monoisotopic (exact) mass is 291 g/mol. The number of hydrogen-bond acceptors (Lipinski definition) is 3. The normalized spacial score (nSPS) is 17.8. The number of carbonyl (C=O) groups is 1. The van der Waals surface area contributed by atoms with E-state index in [9.17, 15) is 9.90 Å². The fourth-order valence-corrected chi connectivity index (χ4v) is 2.78. The van der Waals surface area contributed by atoms with E-state index >= 15 is 0 Å². The van der Waals surface area contributed by atoms with Gasteiger partial charge in [0.05, 0.1) is 12.2 Å². The minimum atomic E-state index is -0.739. The maximum atomic E-state index is 12.1. The Balaban J connectivity index is 1.88. The second-order valence-corrected chi connectivity index (χ2v) is 5.78. The summed E-state index contributed by atoms with van der Waals surface area (Å²) in [5.41, 5.74) is -0.145. The van der Waals surface area contributed by atoms with Gasteiger partial charge in [0.25, 0.3) is 5.91 Å². The first kappa shape index (κ1) is 15.8. The molecule has 1 aliphatic carbocycles. The van der Waals surface area contributed by atoms with E-state index in [4.69, 9.17) is 4.74 Å². The van der Waals surface area contributed by atoms with Crippen LogP contribution in [-0.2, 0) is 0 Å². The first-order valence-corrected chi connectivity index (χ1v) is 7.86. The molecule has 0 spiro atoms. The van der Waals surface area contributed by atoms with Crippen molar-refractivity contribution in [1.82, 2.24) is 5.32 Å². The van der Waals surface area contributed by atoms with Crippen LogP contribution in [0.5, 0.6) is 5.75 Å². The average molecular weight is 291 g/mol. The molecule has 0 aromatic heterocycles. The molecule has 0 radical (unpaired) electrons. The maximum Gasteiger partial charge on any atom is 0.251 e. The Hall–Kier alpha value is -1.55. The molecule has 0 bridgehead atoms. The van der Waals surface area contributed by atoms with Crippen molar-refractivity contribution in [2.75, 3.05) is 13.2 Å². The maximum absolute atomic E-state index is 12.1. The van der Waals surface area contributed by atoms with Crippen molar-refractivity contribution in [3.63, 3.8) is 0 Å². The van der Waals surface area contributed by atoms with Gasteiger partial charge in [0, 0.05) is 12.1 Å². The van der Waals surface area contributed by atoms with Crippen LogP contribution in [0.2, 0.25) is 0 Å². The molecule has 0 atom stereocenters. The number of nitrogens with one attached hydrogen (secondary N) is 1. The summed E-state index contributed by atoms with van der Waals surface area (Å²) in [6.45, 7) is 2.87. The van der Waals surface area contributed by atoms with Crippen molar-refractivity contribution in [3.05, 3.63) is 29.8 Å². The SMILES string of the molecule is CCOc1ccc(C(=O)NCC2(O)CCCCCC2)cc1. The van der Waals surface area contributed by atoms with Gasteiger partial charge in [-0.05, 0) is 44.0 Å². The van der Waals surface area contributed by atoms with Gasteiger partial charge in [-0.2, -0.15) is 0 Å². The Labute approximate surface area is 126 Å². The van der Waals surface area contributed by atoms with Crippen molar-refractivity contribution in [3.8, 4) is 5.75 Å². The first-order chi connectivity index (χ1) is 10.1. The van der Waals surface area contributed by atoms with Crippen molar-refractivity contribution in [1.29, 1.82) is 0 Å². The van der Waals surface area contributed by atoms with Crippen LogP contribution >= 0.6 is 0 Å². The van der Waals surface area contributed by atoms with E-state index in [-0.39, 0.29) is 5.91 Å². The molecule has 1 fully saturated rings. The lowest BCUT2D eigenvalue weighted by Crippen LogP contribution is -2.42. The molecule has 116 valence electrons. The number of rotatable bonds is 5. The summed E-state index contributed by atoms with van der Waals surface area (Å²) in [6.07, 6.45) is 5.97. The topological polar surface area (TPSA) is 58.6 Å². The smallest absolute Gasteiger partial charge is 0.251 e. The van der Waals surface area contributed by atoms with Gasteiger partial charge in [-0.25, -0.2) is 0 Å². The molecule has 21 heavy (non-hydrogen) atoms. The van der Waals surface area contributed by atoms with E-state index in [0.29, 0.717) is 18.7 Å². The van der Waals surface area contributed by atoms with Crippen molar-refractivity contribution >= 4 is 5.91 Å². The summed E-state index contributed by atoms with van der Waals surface area (Å²) < 4.78 is 5.35. The molecule has 0 aliphatic heterocycles. The lowest BCUT2D eigenvalue weighted by atomic mass is 9.94. The lowest BCUT2D eigenvalue weighted by Gasteiger charge is -2.26. The molecule has 1 aromatic rings. The van der Waals surface area contributed by atoms with Gasteiger partial charge >= 0.3 is 0 Å². The van der Waals surface area contributed by atoms with Gasteiger partial charge < -0.3 is 15.2 Å². The summed E-state index contributed by atoms with van der Waals surface area (Å²) in [4.78, 5) is 12.1. The molecule has 1 aliphatic rings. The summed E-state index contributed by atoms with van der Waals surface area (Å²) in [5, 5.41) is 13.4. The predicted molar refractivity (Wildman–Crippen MR) is 82.6 cm³/mol. The molecule has 2 N–H and O–H groups in total. The van der Waals surface area contributed by atoms with E-state index in [0.717, 1.165) is 31.4 Å². The Morgan fingerprint density at radius 3 is 2.38 bits per heavy atom. The van der Waals surface area contributed by atoms with Gasteiger partial charge in [0.1, 0.15) is 5.75 Å². The fourth-order valence-electron chi connectivity index (χ4n) is 2.78. The first-order valence-electron chi connectivity index (χ1n) is 7.86. The Bertz CT molecular complexity index is 448. The van der Waals surface area contributed by atoms with Gasteiger partial charge in [0.15, 0.2) is 0 Å². The minimum Gasteiger partial charge on any atom is -0.494 e. The van der Waals surface area contributed by atoms with Crippen molar-refractivity contribution in [2.45, 2.75) is 51.0 Å². The number of ether oxygens (including phenoxy) is 1. The zero-order valence-corrected chi connectivity index (χ0v) is 12.7. The Kier molecular flexibility index (Phi) is 5.62. The zero-order chi connectivity index (χ0) is 15.1. The number of carbonyl (C=O) groups excluding carboxylic acids is 1. The van der Waals surface area contributed by atoms with Crippen LogP contribution < -0.4 is 10.1 Å². The van der Waals surface area contributed by atoms with E-state index in [1.54, 1.807) is 24.3 Å². The molecule has 4 heteroatoms. The van der Waals surface area contributed by atoms with Crippen LogP contribution in [0.25, 0.3) is 0 Å².